The van der Waals surface area contributed by atoms with Crippen LogP contribution in [0.5, 0.6) is 0 Å². The van der Waals surface area contributed by atoms with E-state index in [9.17, 15) is 4.79 Å². The molecule has 7 heteroatoms. The quantitative estimate of drug-likeness (QED) is 0.566. The molecule has 3 aromatic heterocycles. The van der Waals surface area contributed by atoms with E-state index >= 15 is 0 Å². The number of fused-ring (bicyclic) bond motifs is 2. The van der Waals surface area contributed by atoms with Crippen molar-refractivity contribution in [1.29, 1.82) is 0 Å². The highest BCUT2D eigenvalue weighted by molar-refractivity contribution is 6.06. The van der Waals surface area contributed by atoms with Crippen LogP contribution in [0.25, 0.3) is 22.1 Å². The van der Waals surface area contributed by atoms with E-state index < -0.39 is 0 Å². The lowest BCUT2D eigenvalue weighted by atomic mass is 10.0. The van der Waals surface area contributed by atoms with Gasteiger partial charge in [0, 0.05) is 18.7 Å². The zero-order valence-corrected chi connectivity index (χ0v) is 15.5. The lowest BCUT2D eigenvalue weighted by Crippen LogP contribution is -2.26. The summed E-state index contributed by atoms with van der Waals surface area (Å²) < 4.78 is 5.28. The molecular weight excluding hydrogens is 342 g/mol. The minimum absolute atomic E-state index is 0.160. The maximum Gasteiger partial charge on any atom is 0.259 e. The predicted molar refractivity (Wildman–Crippen MR) is 103 cm³/mol. The van der Waals surface area contributed by atoms with Gasteiger partial charge in [-0.3, -0.25) is 4.79 Å². The molecule has 0 aliphatic heterocycles. The number of hydrogen-bond donors (Lipinski definition) is 2. The third-order valence-electron chi connectivity index (χ3n) is 4.56. The molecule has 1 aromatic carbocycles. The summed E-state index contributed by atoms with van der Waals surface area (Å²) in [6, 6.07) is 9.70. The van der Waals surface area contributed by atoms with Crippen LogP contribution in [0.3, 0.4) is 0 Å². The monoisotopic (exact) mass is 363 g/mol. The second-order valence-corrected chi connectivity index (χ2v) is 6.90. The fourth-order valence-corrected chi connectivity index (χ4v) is 3.10. The number of benzene rings is 1. The minimum Gasteiger partial charge on any atom is -0.352 e. The summed E-state index contributed by atoms with van der Waals surface area (Å²) in [5.41, 5.74) is 4.34. The van der Waals surface area contributed by atoms with Crippen LogP contribution in [0, 0.1) is 6.92 Å². The van der Waals surface area contributed by atoms with Crippen molar-refractivity contribution in [3.63, 3.8) is 0 Å². The van der Waals surface area contributed by atoms with E-state index in [2.05, 4.69) is 25.4 Å². The number of aromatic amines is 1. The van der Waals surface area contributed by atoms with Crippen molar-refractivity contribution in [3.05, 3.63) is 53.1 Å². The van der Waals surface area contributed by atoms with Gasteiger partial charge in [0.15, 0.2) is 0 Å². The number of aryl methyl sites for hydroxylation is 1. The second-order valence-electron chi connectivity index (χ2n) is 6.90. The number of aromatic nitrogens is 4. The molecule has 0 fully saturated rings. The molecule has 0 saturated heterocycles. The van der Waals surface area contributed by atoms with Gasteiger partial charge in [-0.1, -0.05) is 31.1 Å². The van der Waals surface area contributed by atoms with Gasteiger partial charge in [0.2, 0.25) is 0 Å². The van der Waals surface area contributed by atoms with Gasteiger partial charge >= 0.3 is 0 Å². The van der Waals surface area contributed by atoms with E-state index in [4.69, 9.17) is 4.52 Å². The van der Waals surface area contributed by atoms with Gasteiger partial charge in [-0.15, -0.1) is 0 Å². The van der Waals surface area contributed by atoms with Crippen LogP contribution in [0.15, 0.2) is 34.9 Å². The fourth-order valence-electron chi connectivity index (χ4n) is 3.10. The highest BCUT2D eigenvalue weighted by Gasteiger charge is 2.19. The largest absolute Gasteiger partial charge is 0.352 e. The van der Waals surface area contributed by atoms with Crippen molar-refractivity contribution in [2.45, 2.75) is 33.1 Å². The zero-order valence-electron chi connectivity index (χ0n) is 15.5. The first kappa shape index (κ1) is 17.2. The van der Waals surface area contributed by atoms with Gasteiger partial charge in [-0.05, 0) is 31.0 Å². The summed E-state index contributed by atoms with van der Waals surface area (Å²) in [7, 11) is 0. The summed E-state index contributed by atoms with van der Waals surface area (Å²) >= 11 is 0. The average molecular weight is 363 g/mol. The van der Waals surface area contributed by atoms with Crippen LogP contribution in [0.2, 0.25) is 0 Å². The standard InChI is InChI=1S/C20H21N5O2/c1-11(2)16-10-13(18-12(3)25-27-20(18)24-16)19(26)21-9-8-17-22-14-6-4-5-7-15(14)23-17/h4-7,10-11H,8-9H2,1-3H3,(H,21,26)(H,22,23). The Morgan fingerprint density at radius 2 is 2.07 bits per heavy atom. The Balaban J connectivity index is 1.53. The van der Waals surface area contributed by atoms with Gasteiger partial charge in [0.25, 0.3) is 11.6 Å². The van der Waals surface area contributed by atoms with Crippen molar-refractivity contribution >= 4 is 28.0 Å². The molecule has 7 nitrogen and oxygen atoms in total. The number of para-hydroxylation sites is 2. The lowest BCUT2D eigenvalue weighted by Gasteiger charge is -2.09. The SMILES string of the molecule is Cc1noc2nc(C(C)C)cc(C(=O)NCCc3nc4ccccc4[nH]3)c12. The first-order chi connectivity index (χ1) is 13.0. The molecule has 0 bridgehead atoms. The molecule has 0 saturated carbocycles. The molecule has 4 rings (SSSR count). The van der Waals surface area contributed by atoms with Gasteiger partial charge in [0.1, 0.15) is 5.82 Å². The van der Waals surface area contributed by atoms with Crippen molar-refractivity contribution in [2.75, 3.05) is 6.54 Å². The third kappa shape index (κ3) is 3.28. The number of amides is 1. The maximum atomic E-state index is 12.8. The summed E-state index contributed by atoms with van der Waals surface area (Å²) in [4.78, 5) is 25.1. The van der Waals surface area contributed by atoms with Crippen LogP contribution < -0.4 is 5.32 Å². The Labute approximate surface area is 156 Å². The number of carbonyl (C=O) groups is 1. The van der Waals surface area contributed by atoms with E-state index in [1.165, 1.54) is 0 Å². The molecule has 27 heavy (non-hydrogen) atoms. The third-order valence-corrected chi connectivity index (χ3v) is 4.56. The number of carbonyl (C=O) groups excluding carboxylic acids is 1. The number of rotatable bonds is 5. The number of hydrogen-bond acceptors (Lipinski definition) is 5. The van der Waals surface area contributed by atoms with E-state index in [1.54, 1.807) is 0 Å². The normalized spacial score (nSPS) is 11.6. The van der Waals surface area contributed by atoms with Crippen LogP contribution >= 0.6 is 0 Å². The Hall–Kier alpha value is -3.22. The Morgan fingerprint density at radius 3 is 2.85 bits per heavy atom. The summed E-state index contributed by atoms with van der Waals surface area (Å²) in [6.07, 6.45) is 0.619. The first-order valence-electron chi connectivity index (χ1n) is 9.01. The minimum atomic E-state index is -0.160. The van der Waals surface area contributed by atoms with Crippen LogP contribution in [-0.2, 0) is 6.42 Å². The first-order valence-corrected chi connectivity index (χ1v) is 9.01. The molecule has 0 aliphatic carbocycles. The molecule has 138 valence electrons. The number of pyridine rings is 1. The van der Waals surface area contributed by atoms with E-state index in [1.807, 2.05) is 51.1 Å². The maximum absolute atomic E-state index is 12.8. The highest BCUT2D eigenvalue weighted by Crippen LogP contribution is 2.25. The van der Waals surface area contributed by atoms with Crippen molar-refractivity contribution in [2.24, 2.45) is 0 Å². The number of nitrogens with zero attached hydrogens (tertiary/aromatic N) is 3. The summed E-state index contributed by atoms with van der Waals surface area (Å²) in [6.45, 7) is 6.35. The summed E-state index contributed by atoms with van der Waals surface area (Å²) in [5.74, 6) is 0.869. The number of nitrogens with one attached hydrogen (secondary N) is 2. The second kappa shape index (κ2) is 6.83. The van der Waals surface area contributed by atoms with E-state index in [0.29, 0.717) is 35.3 Å². The van der Waals surface area contributed by atoms with Crippen molar-refractivity contribution in [3.8, 4) is 0 Å². The number of H-pyrrole nitrogens is 1. The van der Waals surface area contributed by atoms with Crippen molar-refractivity contribution in [1.82, 2.24) is 25.4 Å². The zero-order chi connectivity index (χ0) is 19.0. The molecule has 0 atom stereocenters. The predicted octanol–water partition coefficient (Wildman–Crippen LogP) is 3.50. The molecular formula is C20H21N5O2. The molecule has 1 amide bonds. The van der Waals surface area contributed by atoms with Crippen molar-refractivity contribution < 1.29 is 9.32 Å². The van der Waals surface area contributed by atoms with Crippen LogP contribution in [0.1, 0.15) is 47.3 Å². The van der Waals surface area contributed by atoms with E-state index in [-0.39, 0.29) is 11.8 Å². The molecule has 4 aromatic rings. The molecule has 3 heterocycles. The Kier molecular flexibility index (Phi) is 4.35. The van der Waals surface area contributed by atoms with Crippen LogP contribution in [0.4, 0.5) is 0 Å². The molecule has 0 spiro atoms. The van der Waals surface area contributed by atoms with Gasteiger partial charge in [0.05, 0.1) is 27.7 Å². The highest BCUT2D eigenvalue weighted by atomic mass is 16.5. The molecule has 0 aliphatic rings. The lowest BCUT2D eigenvalue weighted by molar-refractivity contribution is 0.0955. The Morgan fingerprint density at radius 1 is 1.26 bits per heavy atom. The van der Waals surface area contributed by atoms with Gasteiger partial charge < -0.3 is 14.8 Å². The van der Waals surface area contributed by atoms with E-state index in [0.717, 1.165) is 22.6 Å². The molecule has 0 unspecified atom stereocenters. The summed E-state index contributed by atoms with van der Waals surface area (Å²) in [5, 5.41) is 7.60. The van der Waals surface area contributed by atoms with Crippen LogP contribution in [-0.4, -0.2) is 32.6 Å². The molecule has 0 radical (unpaired) electrons. The molecule has 2 N–H and O–H groups in total. The Bertz CT molecular complexity index is 1090. The topological polar surface area (TPSA) is 96.7 Å². The average Bonchev–Trinajstić information content (AvgIpc) is 3.24. The number of imidazole rings is 1. The van der Waals surface area contributed by atoms with Gasteiger partial charge in [-0.25, -0.2) is 9.97 Å². The smallest absolute Gasteiger partial charge is 0.259 e. The fraction of sp³-hybridized carbons (Fsp3) is 0.300. The van der Waals surface area contributed by atoms with Gasteiger partial charge in [-0.2, -0.15) is 0 Å².